The van der Waals surface area contributed by atoms with Crippen molar-refractivity contribution in [2.45, 2.75) is 13.5 Å². The largest absolute Gasteiger partial charge is 0.421 e. The van der Waals surface area contributed by atoms with Crippen LogP contribution >= 0.6 is 0 Å². The highest BCUT2D eigenvalue weighted by Crippen LogP contribution is 2.26. The van der Waals surface area contributed by atoms with Crippen molar-refractivity contribution in [3.05, 3.63) is 54.4 Å². The van der Waals surface area contributed by atoms with Gasteiger partial charge in [-0.15, -0.1) is 10.2 Å². The number of anilines is 1. The second kappa shape index (κ2) is 5.48. The molecule has 0 unspecified atom stereocenters. The summed E-state index contributed by atoms with van der Waals surface area (Å²) in [6, 6.07) is 9.66. The summed E-state index contributed by atoms with van der Waals surface area (Å²) in [7, 11) is 0. The van der Waals surface area contributed by atoms with E-state index in [0.717, 1.165) is 16.9 Å². The fourth-order valence-electron chi connectivity index (χ4n) is 1.84. The molecule has 6 nitrogen and oxygen atoms in total. The Morgan fingerprint density at radius 2 is 2.05 bits per heavy atom. The van der Waals surface area contributed by atoms with Crippen LogP contribution in [0.5, 0.6) is 0 Å². The van der Waals surface area contributed by atoms with Gasteiger partial charge in [-0.05, 0) is 18.2 Å². The predicted molar refractivity (Wildman–Crippen MR) is 73.8 cm³/mol. The second-order valence-electron chi connectivity index (χ2n) is 4.23. The molecule has 0 fully saturated rings. The van der Waals surface area contributed by atoms with Crippen LogP contribution in [0.4, 0.5) is 5.69 Å². The molecule has 20 heavy (non-hydrogen) atoms. The van der Waals surface area contributed by atoms with Gasteiger partial charge in [0.1, 0.15) is 6.33 Å². The fourth-order valence-corrected chi connectivity index (χ4v) is 1.84. The molecule has 0 bridgehead atoms. The Labute approximate surface area is 115 Å². The van der Waals surface area contributed by atoms with Crippen molar-refractivity contribution in [2.75, 3.05) is 5.32 Å². The normalized spacial score (nSPS) is 10.4. The Morgan fingerprint density at radius 3 is 2.80 bits per heavy atom. The van der Waals surface area contributed by atoms with Crippen LogP contribution < -0.4 is 5.32 Å². The average Bonchev–Trinajstić information content (AvgIpc) is 2.93. The lowest BCUT2D eigenvalue weighted by atomic mass is 10.1. The zero-order valence-corrected chi connectivity index (χ0v) is 10.9. The van der Waals surface area contributed by atoms with Crippen molar-refractivity contribution >= 4 is 5.69 Å². The molecule has 1 aromatic carbocycles. The molecule has 0 aliphatic rings. The molecular weight excluding hydrogens is 254 g/mol. The fraction of sp³-hybridized carbons (Fsp3) is 0.143. The molecule has 2 heterocycles. The number of aromatic nitrogens is 4. The van der Waals surface area contributed by atoms with Crippen molar-refractivity contribution in [3.63, 3.8) is 0 Å². The van der Waals surface area contributed by atoms with Gasteiger partial charge in [0.05, 0.1) is 17.8 Å². The molecule has 3 rings (SSSR count). The maximum atomic E-state index is 5.47. The summed E-state index contributed by atoms with van der Waals surface area (Å²) < 4.78 is 5.47. The van der Waals surface area contributed by atoms with Crippen LogP contribution in [0.1, 0.15) is 11.6 Å². The highest BCUT2D eigenvalue weighted by atomic mass is 16.4. The van der Waals surface area contributed by atoms with Gasteiger partial charge in [-0.2, -0.15) is 0 Å². The number of aryl methyl sites for hydroxylation is 1. The molecule has 6 heteroatoms. The summed E-state index contributed by atoms with van der Waals surface area (Å²) in [6.45, 7) is 2.38. The Morgan fingerprint density at radius 1 is 1.15 bits per heavy atom. The third-order valence-corrected chi connectivity index (χ3v) is 2.79. The standard InChI is InChI=1S/C14H13N5O/c1-10-18-19-14(20-10)12-4-2-3-5-13(12)16-8-11-6-7-15-9-17-11/h2-7,9,16H,8H2,1H3. The van der Waals surface area contributed by atoms with Crippen LogP contribution in [0.2, 0.25) is 0 Å². The maximum absolute atomic E-state index is 5.47. The van der Waals surface area contributed by atoms with Crippen molar-refractivity contribution in [3.8, 4) is 11.5 Å². The minimum atomic E-state index is 0.508. The molecule has 0 aliphatic heterocycles. The lowest BCUT2D eigenvalue weighted by Crippen LogP contribution is -2.02. The van der Waals surface area contributed by atoms with Crippen molar-refractivity contribution in [1.29, 1.82) is 0 Å². The topological polar surface area (TPSA) is 76.7 Å². The van der Waals surface area contributed by atoms with Crippen molar-refractivity contribution < 1.29 is 4.42 Å². The van der Waals surface area contributed by atoms with E-state index in [4.69, 9.17) is 4.42 Å². The van der Waals surface area contributed by atoms with E-state index < -0.39 is 0 Å². The SMILES string of the molecule is Cc1nnc(-c2ccccc2NCc2ccncn2)o1. The number of nitrogens with one attached hydrogen (secondary N) is 1. The third-order valence-electron chi connectivity index (χ3n) is 2.79. The monoisotopic (exact) mass is 267 g/mol. The molecule has 0 radical (unpaired) electrons. The van der Waals surface area contributed by atoms with Crippen LogP contribution in [-0.4, -0.2) is 20.2 Å². The van der Waals surface area contributed by atoms with E-state index in [2.05, 4.69) is 25.5 Å². The Kier molecular flexibility index (Phi) is 3.36. The van der Waals surface area contributed by atoms with E-state index in [1.165, 1.54) is 6.33 Å². The van der Waals surface area contributed by atoms with Gasteiger partial charge in [0, 0.05) is 18.8 Å². The van der Waals surface area contributed by atoms with Crippen LogP contribution in [-0.2, 0) is 6.54 Å². The van der Waals surface area contributed by atoms with Crippen LogP contribution in [0, 0.1) is 6.92 Å². The minimum absolute atomic E-state index is 0.508. The second-order valence-corrected chi connectivity index (χ2v) is 4.23. The Balaban J connectivity index is 1.83. The van der Waals surface area contributed by atoms with Gasteiger partial charge in [0.2, 0.25) is 11.8 Å². The summed E-state index contributed by atoms with van der Waals surface area (Å²) in [6.07, 6.45) is 3.25. The number of para-hydroxylation sites is 1. The van der Waals surface area contributed by atoms with E-state index in [-0.39, 0.29) is 0 Å². The van der Waals surface area contributed by atoms with Gasteiger partial charge < -0.3 is 9.73 Å². The Hall–Kier alpha value is -2.76. The molecule has 0 spiro atoms. The molecule has 0 saturated heterocycles. The van der Waals surface area contributed by atoms with Crippen LogP contribution in [0.25, 0.3) is 11.5 Å². The highest BCUT2D eigenvalue weighted by molar-refractivity contribution is 5.72. The molecule has 100 valence electrons. The molecule has 0 saturated carbocycles. The summed E-state index contributed by atoms with van der Waals surface area (Å²) in [4.78, 5) is 8.07. The molecule has 0 atom stereocenters. The van der Waals surface area contributed by atoms with Crippen LogP contribution in [0.3, 0.4) is 0 Å². The first-order valence-electron chi connectivity index (χ1n) is 6.21. The maximum Gasteiger partial charge on any atom is 0.249 e. The molecule has 0 amide bonds. The third kappa shape index (κ3) is 2.64. The molecular formula is C14H13N5O. The van der Waals surface area contributed by atoms with E-state index in [1.54, 1.807) is 13.1 Å². The lowest BCUT2D eigenvalue weighted by Gasteiger charge is -2.09. The quantitative estimate of drug-likeness (QED) is 0.782. The molecule has 1 N–H and O–H groups in total. The number of nitrogens with zero attached hydrogens (tertiary/aromatic N) is 4. The van der Waals surface area contributed by atoms with Gasteiger partial charge in [0.15, 0.2) is 0 Å². The van der Waals surface area contributed by atoms with E-state index in [9.17, 15) is 0 Å². The first-order valence-corrected chi connectivity index (χ1v) is 6.21. The summed E-state index contributed by atoms with van der Waals surface area (Å²) in [5.74, 6) is 1.05. The Bertz CT molecular complexity index is 696. The number of hydrogen-bond acceptors (Lipinski definition) is 6. The molecule has 3 aromatic rings. The number of hydrogen-bond donors (Lipinski definition) is 1. The molecule has 2 aromatic heterocycles. The first kappa shape index (κ1) is 12.3. The summed E-state index contributed by atoms with van der Waals surface area (Å²) in [5, 5.41) is 11.2. The predicted octanol–water partition coefficient (Wildman–Crippen LogP) is 2.45. The first-order chi connectivity index (χ1) is 9.83. The van der Waals surface area contributed by atoms with Gasteiger partial charge in [-0.3, -0.25) is 0 Å². The van der Waals surface area contributed by atoms with Crippen LogP contribution in [0.15, 0.2) is 47.3 Å². The summed E-state index contributed by atoms with van der Waals surface area (Å²) in [5.41, 5.74) is 2.72. The summed E-state index contributed by atoms with van der Waals surface area (Å²) >= 11 is 0. The zero-order chi connectivity index (χ0) is 13.8. The van der Waals surface area contributed by atoms with E-state index in [1.807, 2.05) is 30.3 Å². The van der Waals surface area contributed by atoms with Gasteiger partial charge in [0.25, 0.3) is 0 Å². The highest BCUT2D eigenvalue weighted by Gasteiger charge is 2.10. The number of rotatable bonds is 4. The van der Waals surface area contributed by atoms with Crippen molar-refractivity contribution in [1.82, 2.24) is 20.2 Å². The van der Waals surface area contributed by atoms with Gasteiger partial charge >= 0.3 is 0 Å². The molecule has 0 aliphatic carbocycles. The van der Waals surface area contributed by atoms with Gasteiger partial charge in [-0.1, -0.05) is 12.1 Å². The van der Waals surface area contributed by atoms with E-state index in [0.29, 0.717) is 18.3 Å². The minimum Gasteiger partial charge on any atom is -0.421 e. The van der Waals surface area contributed by atoms with E-state index >= 15 is 0 Å². The van der Waals surface area contributed by atoms with Gasteiger partial charge in [-0.25, -0.2) is 9.97 Å². The lowest BCUT2D eigenvalue weighted by molar-refractivity contribution is 0.533. The average molecular weight is 267 g/mol. The smallest absolute Gasteiger partial charge is 0.249 e. The zero-order valence-electron chi connectivity index (χ0n) is 10.9. The van der Waals surface area contributed by atoms with Crippen molar-refractivity contribution in [2.24, 2.45) is 0 Å². The number of benzene rings is 1.